The molecule has 0 spiro atoms. The molecule has 3 aromatic carbocycles. The van der Waals surface area contributed by atoms with Crippen molar-refractivity contribution in [3.05, 3.63) is 117 Å². The maximum atomic E-state index is 13.9. The molecule has 0 aliphatic heterocycles. The second kappa shape index (κ2) is 12.0. The fourth-order valence-corrected chi connectivity index (χ4v) is 4.88. The van der Waals surface area contributed by atoms with Crippen LogP contribution in [0, 0.1) is 0 Å². The predicted molar refractivity (Wildman–Crippen MR) is 151 cm³/mol. The smallest absolute Gasteiger partial charge is 0.257 e. The molecule has 5 aromatic rings. The molecule has 2 heterocycles. The maximum absolute atomic E-state index is 13.9. The Kier molecular flexibility index (Phi) is 8.03. The number of aryl methyl sites for hydroxylation is 2. The molecule has 0 radical (unpaired) electrons. The summed E-state index contributed by atoms with van der Waals surface area (Å²) in [4.78, 5) is 18.9. The molecule has 2 aromatic heterocycles. The van der Waals surface area contributed by atoms with Gasteiger partial charge in [0.1, 0.15) is 5.82 Å². The number of aromatic nitrogens is 6. The Bertz CT molecular complexity index is 1590. The molecule has 8 heteroatoms. The standard InChI is InChI=1S/C31H32N6O2/c1-3-7-29-32-28(4-2)27(18-21-10-12-23(20-38)13-11-21)31(39)37(29)19-22-14-16-24(17-15-22)25-8-5-6-9-26(25)30-33-35-36-34-30/h5-6,8-17,38H,3-4,7,18-20H2,1-2H3,(H,33,34,35,36). The summed E-state index contributed by atoms with van der Waals surface area (Å²) in [7, 11) is 0. The summed E-state index contributed by atoms with van der Waals surface area (Å²) in [5, 5.41) is 23.9. The summed E-state index contributed by atoms with van der Waals surface area (Å²) >= 11 is 0. The maximum Gasteiger partial charge on any atom is 0.257 e. The number of nitrogens with zero attached hydrogens (tertiary/aromatic N) is 5. The molecule has 198 valence electrons. The number of H-pyrrole nitrogens is 1. The highest BCUT2D eigenvalue weighted by Gasteiger charge is 2.17. The van der Waals surface area contributed by atoms with E-state index >= 15 is 0 Å². The van der Waals surface area contributed by atoms with Gasteiger partial charge in [0.25, 0.3) is 5.56 Å². The molecule has 0 saturated heterocycles. The Morgan fingerprint density at radius 2 is 1.56 bits per heavy atom. The van der Waals surface area contributed by atoms with Crippen LogP contribution in [0.15, 0.2) is 77.6 Å². The van der Waals surface area contributed by atoms with Crippen molar-refractivity contribution in [2.24, 2.45) is 0 Å². The largest absolute Gasteiger partial charge is 0.392 e. The number of tetrazole rings is 1. The third-order valence-electron chi connectivity index (χ3n) is 6.94. The van der Waals surface area contributed by atoms with Gasteiger partial charge in [-0.05, 0) is 45.9 Å². The summed E-state index contributed by atoms with van der Waals surface area (Å²) < 4.78 is 1.84. The summed E-state index contributed by atoms with van der Waals surface area (Å²) in [5.74, 6) is 1.37. The summed E-state index contributed by atoms with van der Waals surface area (Å²) in [6.45, 7) is 4.61. The van der Waals surface area contributed by atoms with Crippen molar-refractivity contribution in [1.82, 2.24) is 30.2 Å². The van der Waals surface area contributed by atoms with Crippen LogP contribution >= 0.6 is 0 Å². The monoisotopic (exact) mass is 520 g/mol. The molecule has 39 heavy (non-hydrogen) atoms. The van der Waals surface area contributed by atoms with Crippen molar-refractivity contribution in [1.29, 1.82) is 0 Å². The molecule has 0 amide bonds. The second-order valence-electron chi connectivity index (χ2n) is 9.58. The van der Waals surface area contributed by atoms with Gasteiger partial charge in [-0.1, -0.05) is 86.6 Å². The Morgan fingerprint density at radius 3 is 2.21 bits per heavy atom. The summed E-state index contributed by atoms with van der Waals surface area (Å²) in [6, 6.07) is 24.0. The van der Waals surface area contributed by atoms with Gasteiger partial charge in [-0.25, -0.2) is 4.98 Å². The lowest BCUT2D eigenvalue weighted by Gasteiger charge is -2.17. The van der Waals surface area contributed by atoms with E-state index in [4.69, 9.17) is 4.98 Å². The zero-order valence-corrected chi connectivity index (χ0v) is 22.3. The number of rotatable bonds is 10. The summed E-state index contributed by atoms with van der Waals surface area (Å²) in [5.41, 5.74) is 7.47. The van der Waals surface area contributed by atoms with Crippen molar-refractivity contribution in [3.63, 3.8) is 0 Å². The van der Waals surface area contributed by atoms with Gasteiger partial charge in [-0.2, -0.15) is 5.21 Å². The van der Waals surface area contributed by atoms with Gasteiger partial charge in [-0.3, -0.25) is 9.36 Å². The van der Waals surface area contributed by atoms with Gasteiger partial charge in [0.05, 0.1) is 18.8 Å². The van der Waals surface area contributed by atoms with Crippen molar-refractivity contribution in [3.8, 4) is 22.5 Å². The highest BCUT2D eigenvalue weighted by molar-refractivity contribution is 5.80. The first kappa shape index (κ1) is 26.2. The van der Waals surface area contributed by atoms with Gasteiger partial charge in [0.15, 0.2) is 0 Å². The van der Waals surface area contributed by atoms with E-state index in [9.17, 15) is 9.90 Å². The molecule has 5 rings (SSSR count). The first-order valence-electron chi connectivity index (χ1n) is 13.3. The van der Waals surface area contributed by atoms with Gasteiger partial charge >= 0.3 is 0 Å². The summed E-state index contributed by atoms with van der Waals surface area (Å²) in [6.07, 6.45) is 2.86. The van der Waals surface area contributed by atoms with E-state index in [0.717, 1.165) is 63.3 Å². The minimum absolute atomic E-state index is 0.00203. The van der Waals surface area contributed by atoms with Crippen LogP contribution in [-0.2, 0) is 32.4 Å². The van der Waals surface area contributed by atoms with E-state index in [2.05, 4.69) is 51.8 Å². The number of aromatic amines is 1. The number of benzene rings is 3. The van der Waals surface area contributed by atoms with E-state index in [1.54, 1.807) is 0 Å². The third-order valence-corrected chi connectivity index (χ3v) is 6.94. The van der Waals surface area contributed by atoms with Gasteiger partial charge in [-0.15, -0.1) is 10.2 Å². The Labute approximate surface area is 227 Å². The van der Waals surface area contributed by atoms with Crippen LogP contribution in [0.4, 0.5) is 0 Å². The number of aliphatic hydroxyl groups excluding tert-OH is 1. The predicted octanol–water partition coefficient (Wildman–Crippen LogP) is 4.74. The fraction of sp³-hybridized carbons (Fsp3) is 0.258. The van der Waals surface area contributed by atoms with Crippen LogP contribution in [0.25, 0.3) is 22.5 Å². The topological polar surface area (TPSA) is 110 Å². The second-order valence-corrected chi connectivity index (χ2v) is 9.58. The molecular weight excluding hydrogens is 488 g/mol. The molecule has 0 fully saturated rings. The van der Waals surface area contributed by atoms with Gasteiger partial charge in [0, 0.05) is 24.0 Å². The van der Waals surface area contributed by atoms with E-state index < -0.39 is 0 Å². The minimum Gasteiger partial charge on any atom is -0.392 e. The molecule has 0 atom stereocenters. The van der Waals surface area contributed by atoms with Crippen LogP contribution in [0.5, 0.6) is 0 Å². The molecule has 0 saturated carbocycles. The van der Waals surface area contributed by atoms with E-state index in [0.29, 0.717) is 25.2 Å². The fourth-order valence-electron chi connectivity index (χ4n) is 4.88. The third kappa shape index (κ3) is 5.71. The Morgan fingerprint density at radius 1 is 0.872 bits per heavy atom. The molecule has 8 nitrogen and oxygen atoms in total. The van der Waals surface area contributed by atoms with E-state index in [1.807, 2.05) is 60.0 Å². The lowest BCUT2D eigenvalue weighted by atomic mass is 9.98. The van der Waals surface area contributed by atoms with Crippen molar-refractivity contribution in [2.45, 2.75) is 52.7 Å². The van der Waals surface area contributed by atoms with Crippen molar-refractivity contribution < 1.29 is 5.11 Å². The average molecular weight is 521 g/mol. The first-order valence-corrected chi connectivity index (χ1v) is 13.3. The van der Waals surface area contributed by atoms with Crippen LogP contribution in [0.2, 0.25) is 0 Å². The zero-order valence-electron chi connectivity index (χ0n) is 22.3. The van der Waals surface area contributed by atoms with Crippen molar-refractivity contribution >= 4 is 0 Å². The van der Waals surface area contributed by atoms with Crippen LogP contribution in [0.1, 0.15) is 54.0 Å². The quantitative estimate of drug-likeness (QED) is 0.275. The van der Waals surface area contributed by atoms with Crippen molar-refractivity contribution in [2.75, 3.05) is 0 Å². The number of hydrogen-bond acceptors (Lipinski definition) is 6. The van der Waals surface area contributed by atoms with E-state index in [1.165, 1.54) is 0 Å². The van der Waals surface area contributed by atoms with Crippen LogP contribution in [0.3, 0.4) is 0 Å². The molecule has 0 unspecified atom stereocenters. The van der Waals surface area contributed by atoms with E-state index in [-0.39, 0.29) is 12.2 Å². The molecule has 0 aliphatic carbocycles. The average Bonchev–Trinajstić information content (AvgIpc) is 3.52. The van der Waals surface area contributed by atoms with Crippen LogP contribution in [-0.4, -0.2) is 35.3 Å². The Hall–Kier alpha value is -4.43. The van der Waals surface area contributed by atoms with Gasteiger partial charge < -0.3 is 5.11 Å². The highest BCUT2D eigenvalue weighted by Crippen LogP contribution is 2.29. The number of nitrogens with one attached hydrogen (secondary N) is 1. The lowest BCUT2D eigenvalue weighted by Crippen LogP contribution is -2.31. The minimum atomic E-state index is 0.00203. The Balaban J connectivity index is 1.48. The zero-order chi connectivity index (χ0) is 27.2. The number of aliphatic hydroxyl groups is 1. The first-order chi connectivity index (χ1) is 19.1. The molecule has 2 N–H and O–H groups in total. The molecule has 0 aliphatic rings. The normalized spacial score (nSPS) is 11.2. The van der Waals surface area contributed by atoms with Crippen LogP contribution < -0.4 is 5.56 Å². The lowest BCUT2D eigenvalue weighted by molar-refractivity contribution is 0.282. The molecule has 0 bridgehead atoms. The SMILES string of the molecule is CCCc1nc(CC)c(Cc2ccc(CO)cc2)c(=O)n1Cc1ccc(-c2ccccc2-c2nn[nH]n2)cc1. The van der Waals surface area contributed by atoms with Gasteiger partial charge in [0.2, 0.25) is 5.82 Å². The highest BCUT2D eigenvalue weighted by atomic mass is 16.3. The number of hydrogen-bond donors (Lipinski definition) is 2. The molecular formula is C31H32N6O2.